The summed E-state index contributed by atoms with van der Waals surface area (Å²) in [4.78, 5) is 72.6. The number of aliphatic hydroxyl groups is 1. The van der Waals surface area contributed by atoms with E-state index in [1.807, 2.05) is 0 Å². The molecule has 0 aliphatic heterocycles. The molecule has 540 valence electrons. The number of unbranched alkanes of at least 4 members (excludes halogenated alkanes) is 38. The minimum atomic E-state index is -4.95. The van der Waals surface area contributed by atoms with Gasteiger partial charge in [-0.3, -0.25) is 37.3 Å². The average Bonchev–Trinajstić information content (AvgIpc) is 3.62. The van der Waals surface area contributed by atoms with Gasteiger partial charge in [0.2, 0.25) is 0 Å². The number of hydrogen-bond acceptors (Lipinski definition) is 15. The predicted molar refractivity (Wildman–Crippen MR) is 368 cm³/mol. The summed E-state index contributed by atoms with van der Waals surface area (Å²) in [6.07, 6.45) is 47.1. The zero-order chi connectivity index (χ0) is 67.3. The highest BCUT2D eigenvalue weighted by molar-refractivity contribution is 7.47. The van der Waals surface area contributed by atoms with Crippen molar-refractivity contribution in [3.05, 3.63) is 0 Å². The quantitative estimate of drug-likeness (QED) is 0.0222. The lowest BCUT2D eigenvalue weighted by molar-refractivity contribution is -0.161. The van der Waals surface area contributed by atoms with Gasteiger partial charge in [0.25, 0.3) is 0 Å². The van der Waals surface area contributed by atoms with Crippen LogP contribution in [-0.4, -0.2) is 96.7 Å². The van der Waals surface area contributed by atoms with Crippen LogP contribution in [-0.2, 0) is 65.4 Å². The maximum absolute atomic E-state index is 13.0. The van der Waals surface area contributed by atoms with Crippen molar-refractivity contribution in [2.45, 2.75) is 381 Å². The summed E-state index contributed by atoms with van der Waals surface area (Å²) in [5, 5.41) is 10.6. The first kappa shape index (κ1) is 89.1. The smallest absolute Gasteiger partial charge is 0.462 e. The van der Waals surface area contributed by atoms with Crippen molar-refractivity contribution in [1.29, 1.82) is 0 Å². The molecule has 0 fully saturated rings. The molecule has 0 saturated heterocycles. The minimum absolute atomic E-state index is 0.104. The largest absolute Gasteiger partial charge is 0.472 e. The lowest BCUT2D eigenvalue weighted by Crippen LogP contribution is -2.30. The van der Waals surface area contributed by atoms with Crippen LogP contribution >= 0.6 is 15.6 Å². The van der Waals surface area contributed by atoms with Crippen LogP contribution in [0.4, 0.5) is 0 Å². The molecule has 0 radical (unpaired) electrons. The first-order valence-electron chi connectivity index (χ1n) is 37.3. The number of carbonyl (C=O) groups is 4. The van der Waals surface area contributed by atoms with Crippen LogP contribution in [0, 0.1) is 17.8 Å². The number of carbonyl (C=O) groups excluding carboxylic acids is 4. The second-order valence-electron chi connectivity index (χ2n) is 27.4. The molecule has 0 aliphatic carbocycles. The molecule has 0 saturated carbocycles. The van der Waals surface area contributed by atoms with Gasteiger partial charge in [0.05, 0.1) is 26.4 Å². The van der Waals surface area contributed by atoms with Crippen molar-refractivity contribution in [2.24, 2.45) is 17.8 Å². The van der Waals surface area contributed by atoms with Gasteiger partial charge in [-0.15, -0.1) is 0 Å². The first-order valence-corrected chi connectivity index (χ1v) is 40.3. The Labute approximate surface area is 556 Å². The van der Waals surface area contributed by atoms with E-state index in [4.69, 9.17) is 37.0 Å². The van der Waals surface area contributed by atoms with Crippen molar-refractivity contribution >= 4 is 39.5 Å². The number of ether oxygens (including phenoxy) is 4. The molecule has 0 aliphatic rings. The maximum Gasteiger partial charge on any atom is 0.472 e. The Kier molecular flexibility index (Phi) is 61.5. The van der Waals surface area contributed by atoms with E-state index in [9.17, 15) is 43.2 Å². The predicted octanol–water partition coefficient (Wildman–Crippen LogP) is 20.6. The topological polar surface area (TPSA) is 237 Å². The summed E-state index contributed by atoms with van der Waals surface area (Å²) in [5.41, 5.74) is 0. The van der Waals surface area contributed by atoms with Crippen molar-refractivity contribution < 1.29 is 80.2 Å². The molecule has 2 unspecified atom stereocenters. The van der Waals surface area contributed by atoms with E-state index in [0.29, 0.717) is 25.7 Å². The van der Waals surface area contributed by atoms with E-state index >= 15 is 0 Å². The molecule has 0 aromatic carbocycles. The van der Waals surface area contributed by atoms with Gasteiger partial charge in [0.15, 0.2) is 12.2 Å². The molecule has 3 N–H and O–H groups in total. The highest BCUT2D eigenvalue weighted by Crippen LogP contribution is 2.45. The number of rotatable bonds is 70. The standard InChI is InChI=1S/C72H140O17P2/c1-8-9-10-11-12-13-17-24-32-39-46-53-69(74)82-60-68(89-72(77)56-49-42-35-28-27-31-38-45-52-65(6)7)62-87-91(80,81)85-58-66(73)57-84-90(78,79)86-61-67(59-83-70(75)54-47-40-33-25-21-16-19-23-30-37-44-51-64(4)5)88-71(76)55-48-41-34-26-20-15-14-18-22-29-36-43-50-63(2)3/h63-68,73H,8-62H2,1-7H3,(H,78,79)(H,80,81)/t66-,67-,68-/m1/s1. The van der Waals surface area contributed by atoms with Crippen molar-refractivity contribution in [1.82, 2.24) is 0 Å². The third-order valence-electron chi connectivity index (χ3n) is 16.6. The van der Waals surface area contributed by atoms with Crippen LogP contribution in [0.15, 0.2) is 0 Å². The van der Waals surface area contributed by atoms with Crippen molar-refractivity contribution in [2.75, 3.05) is 39.6 Å². The van der Waals surface area contributed by atoms with E-state index in [2.05, 4.69) is 48.5 Å². The average molecular weight is 1340 g/mol. The van der Waals surface area contributed by atoms with Gasteiger partial charge in [-0.1, -0.05) is 312 Å². The van der Waals surface area contributed by atoms with Gasteiger partial charge in [-0.2, -0.15) is 0 Å². The Hall–Kier alpha value is -1.94. The summed E-state index contributed by atoms with van der Waals surface area (Å²) in [6.45, 7) is 11.8. The molecule has 0 aromatic heterocycles. The van der Waals surface area contributed by atoms with Gasteiger partial charge in [-0.05, 0) is 43.4 Å². The van der Waals surface area contributed by atoms with E-state index in [1.54, 1.807) is 0 Å². The van der Waals surface area contributed by atoms with E-state index < -0.39 is 97.5 Å². The molecule has 0 rings (SSSR count). The first-order chi connectivity index (χ1) is 43.7. The Balaban J connectivity index is 5.26. The normalized spacial score (nSPS) is 14.2. The van der Waals surface area contributed by atoms with Crippen LogP contribution in [0.25, 0.3) is 0 Å². The number of phosphoric acid groups is 2. The van der Waals surface area contributed by atoms with Crippen molar-refractivity contribution in [3.63, 3.8) is 0 Å². The highest BCUT2D eigenvalue weighted by Gasteiger charge is 2.30. The van der Waals surface area contributed by atoms with Crippen LogP contribution in [0.5, 0.6) is 0 Å². The fourth-order valence-electron chi connectivity index (χ4n) is 10.9. The summed E-state index contributed by atoms with van der Waals surface area (Å²) in [6, 6.07) is 0. The zero-order valence-electron chi connectivity index (χ0n) is 59.3. The second-order valence-corrected chi connectivity index (χ2v) is 30.3. The Morgan fingerprint density at radius 2 is 0.505 bits per heavy atom. The molecular formula is C72H140O17P2. The molecule has 5 atom stereocenters. The molecule has 0 heterocycles. The summed E-state index contributed by atoms with van der Waals surface area (Å²) < 4.78 is 68.4. The van der Waals surface area contributed by atoms with Gasteiger partial charge in [0.1, 0.15) is 19.3 Å². The summed E-state index contributed by atoms with van der Waals surface area (Å²) in [7, 11) is -9.90. The lowest BCUT2D eigenvalue weighted by atomic mass is 10.0. The van der Waals surface area contributed by atoms with Crippen LogP contribution in [0.1, 0.15) is 363 Å². The minimum Gasteiger partial charge on any atom is -0.462 e. The van der Waals surface area contributed by atoms with Gasteiger partial charge in [-0.25, -0.2) is 9.13 Å². The Bertz CT molecular complexity index is 1780. The van der Waals surface area contributed by atoms with Crippen LogP contribution < -0.4 is 0 Å². The number of esters is 4. The molecule has 19 heteroatoms. The molecule has 0 bridgehead atoms. The number of hydrogen-bond donors (Lipinski definition) is 3. The maximum atomic E-state index is 13.0. The summed E-state index contributed by atoms with van der Waals surface area (Å²) in [5.74, 6) is 0.142. The molecule has 91 heavy (non-hydrogen) atoms. The fraction of sp³-hybridized carbons (Fsp3) is 0.944. The third-order valence-corrected chi connectivity index (χ3v) is 18.5. The number of phosphoric ester groups is 2. The molecule has 17 nitrogen and oxygen atoms in total. The Morgan fingerprint density at radius 1 is 0.297 bits per heavy atom. The van der Waals surface area contributed by atoms with Crippen LogP contribution in [0.3, 0.4) is 0 Å². The second kappa shape index (κ2) is 62.8. The fourth-order valence-corrected chi connectivity index (χ4v) is 12.5. The lowest BCUT2D eigenvalue weighted by Gasteiger charge is -2.21. The molecule has 0 amide bonds. The van der Waals surface area contributed by atoms with E-state index in [1.165, 1.54) is 173 Å². The SMILES string of the molecule is CCCCCCCCCCCCCC(=O)OC[C@H](COP(=O)(O)OC[C@H](O)COP(=O)(O)OC[C@@H](COC(=O)CCCCCCCCCCCCCC(C)C)OC(=O)CCCCCCCCCCCCCCC(C)C)OC(=O)CCCCCCCCCCC(C)C. The van der Waals surface area contributed by atoms with Crippen molar-refractivity contribution in [3.8, 4) is 0 Å². The van der Waals surface area contributed by atoms with E-state index in [0.717, 1.165) is 108 Å². The monoisotopic (exact) mass is 1340 g/mol. The summed E-state index contributed by atoms with van der Waals surface area (Å²) >= 11 is 0. The zero-order valence-corrected chi connectivity index (χ0v) is 61.1. The molecule has 0 spiro atoms. The molecule has 0 aromatic rings. The number of aliphatic hydroxyl groups excluding tert-OH is 1. The van der Waals surface area contributed by atoms with Crippen LogP contribution in [0.2, 0.25) is 0 Å². The van der Waals surface area contributed by atoms with Gasteiger partial charge >= 0.3 is 39.5 Å². The highest BCUT2D eigenvalue weighted by atomic mass is 31.2. The van der Waals surface area contributed by atoms with E-state index in [-0.39, 0.29) is 25.7 Å². The Morgan fingerprint density at radius 3 is 0.747 bits per heavy atom. The van der Waals surface area contributed by atoms with Gasteiger partial charge < -0.3 is 33.8 Å². The molecular weight excluding hydrogens is 1200 g/mol. The third kappa shape index (κ3) is 66.5. The van der Waals surface area contributed by atoms with Gasteiger partial charge in [0, 0.05) is 25.7 Å².